The number of anilines is 1. The fourth-order valence-electron chi connectivity index (χ4n) is 2.11. The van der Waals surface area contributed by atoms with Crippen molar-refractivity contribution in [3.8, 4) is 11.5 Å². The Morgan fingerprint density at radius 3 is 2.31 bits per heavy atom. The summed E-state index contributed by atoms with van der Waals surface area (Å²) in [5.74, 6) is -0.225. The smallest absolute Gasteiger partial charge is 0.242 e. The monoisotopic (exact) mass is 382 g/mol. The summed E-state index contributed by atoms with van der Waals surface area (Å²) in [7, 11) is -1.03. The van der Waals surface area contributed by atoms with E-state index in [2.05, 4.69) is 10.0 Å². The van der Waals surface area contributed by atoms with Crippen molar-refractivity contribution < 1.29 is 27.1 Å². The van der Waals surface area contributed by atoms with E-state index in [-0.39, 0.29) is 4.90 Å². The van der Waals surface area contributed by atoms with Gasteiger partial charge in [0.15, 0.2) is 0 Å². The van der Waals surface area contributed by atoms with Crippen LogP contribution >= 0.6 is 0 Å². The Morgan fingerprint density at radius 2 is 1.73 bits per heavy atom. The largest absolute Gasteiger partial charge is 0.497 e. The summed E-state index contributed by atoms with van der Waals surface area (Å²) in [6.07, 6.45) is 0. The molecule has 0 aliphatic carbocycles. The van der Waals surface area contributed by atoms with E-state index in [0.29, 0.717) is 17.2 Å². The van der Waals surface area contributed by atoms with Crippen LogP contribution in [0.1, 0.15) is 6.92 Å². The molecular weight excluding hydrogens is 363 g/mol. The van der Waals surface area contributed by atoms with Gasteiger partial charge in [-0.05, 0) is 43.3 Å². The quantitative estimate of drug-likeness (QED) is 0.765. The summed E-state index contributed by atoms with van der Waals surface area (Å²) in [5, 5.41) is 2.59. The van der Waals surface area contributed by atoms with Gasteiger partial charge in [0.05, 0.1) is 30.8 Å². The van der Waals surface area contributed by atoms with Gasteiger partial charge in [0.2, 0.25) is 15.9 Å². The molecule has 0 aliphatic heterocycles. The molecule has 26 heavy (non-hydrogen) atoms. The predicted molar refractivity (Wildman–Crippen MR) is 94.4 cm³/mol. The molecule has 9 heteroatoms. The number of sulfonamides is 1. The number of nitrogens with one attached hydrogen (secondary N) is 2. The zero-order valence-corrected chi connectivity index (χ0v) is 15.3. The van der Waals surface area contributed by atoms with Gasteiger partial charge in [-0.15, -0.1) is 0 Å². The molecule has 0 aromatic heterocycles. The van der Waals surface area contributed by atoms with Gasteiger partial charge >= 0.3 is 0 Å². The summed E-state index contributed by atoms with van der Waals surface area (Å²) in [4.78, 5) is 12.2. The number of rotatable bonds is 7. The van der Waals surface area contributed by atoms with Crippen LogP contribution in [0.2, 0.25) is 0 Å². The lowest BCUT2D eigenvalue weighted by molar-refractivity contribution is -0.117. The third-order valence-electron chi connectivity index (χ3n) is 3.52. The number of ether oxygens (including phenoxy) is 2. The van der Waals surface area contributed by atoms with Gasteiger partial charge in [-0.1, -0.05) is 0 Å². The lowest BCUT2D eigenvalue weighted by Crippen LogP contribution is -2.41. The fourth-order valence-corrected chi connectivity index (χ4v) is 3.31. The molecule has 0 saturated heterocycles. The third-order valence-corrected chi connectivity index (χ3v) is 5.07. The van der Waals surface area contributed by atoms with E-state index in [9.17, 15) is 17.6 Å². The standard InChI is InChI=1S/C17H19FN2O5S/c1-11(20-26(22,23)14-7-4-12(18)5-8-14)17(21)19-15-9-6-13(24-2)10-16(15)25-3/h4-11,20H,1-3H3,(H,19,21)/t11-/m0/s1. The summed E-state index contributed by atoms with van der Waals surface area (Å²) in [5.41, 5.74) is 0.367. The maximum Gasteiger partial charge on any atom is 0.242 e. The molecule has 2 rings (SSSR count). The molecule has 0 fully saturated rings. The Labute approximate surface area is 151 Å². The van der Waals surface area contributed by atoms with Crippen molar-refractivity contribution in [3.63, 3.8) is 0 Å². The maximum absolute atomic E-state index is 12.9. The highest BCUT2D eigenvalue weighted by Gasteiger charge is 2.23. The minimum atomic E-state index is -3.97. The first-order chi connectivity index (χ1) is 12.3. The highest BCUT2D eigenvalue weighted by molar-refractivity contribution is 7.89. The Morgan fingerprint density at radius 1 is 1.08 bits per heavy atom. The van der Waals surface area contributed by atoms with E-state index in [0.717, 1.165) is 24.3 Å². The molecular formula is C17H19FN2O5S. The first kappa shape index (κ1) is 19.7. The highest BCUT2D eigenvalue weighted by atomic mass is 32.2. The minimum Gasteiger partial charge on any atom is -0.497 e. The molecule has 1 amide bonds. The number of amides is 1. The van der Waals surface area contributed by atoms with Crippen LogP contribution < -0.4 is 19.5 Å². The molecule has 0 radical (unpaired) electrons. The number of carbonyl (C=O) groups excluding carboxylic acids is 1. The number of halogens is 1. The lowest BCUT2D eigenvalue weighted by Gasteiger charge is -2.16. The van der Waals surface area contributed by atoms with Crippen LogP contribution in [0, 0.1) is 5.82 Å². The Balaban J connectivity index is 2.11. The molecule has 140 valence electrons. The second kappa shape index (κ2) is 8.15. The van der Waals surface area contributed by atoms with Gasteiger partial charge in [-0.2, -0.15) is 4.72 Å². The van der Waals surface area contributed by atoms with E-state index in [1.165, 1.54) is 21.1 Å². The number of hydrogen-bond donors (Lipinski definition) is 2. The Bertz CT molecular complexity index is 885. The molecule has 0 unspecified atom stereocenters. The van der Waals surface area contributed by atoms with Gasteiger partial charge in [0.25, 0.3) is 0 Å². The zero-order chi connectivity index (χ0) is 19.3. The number of methoxy groups -OCH3 is 2. The summed E-state index contributed by atoms with van der Waals surface area (Å²) < 4.78 is 50.0. The van der Waals surface area contributed by atoms with Crippen LogP contribution in [0.5, 0.6) is 11.5 Å². The Hall–Kier alpha value is -2.65. The number of carbonyl (C=O) groups is 1. The summed E-state index contributed by atoms with van der Waals surface area (Å²) in [6.45, 7) is 1.40. The van der Waals surface area contributed by atoms with Crippen LogP contribution in [-0.4, -0.2) is 34.6 Å². The molecule has 0 bridgehead atoms. The third kappa shape index (κ3) is 4.70. The van der Waals surface area contributed by atoms with Crippen LogP contribution in [-0.2, 0) is 14.8 Å². The van der Waals surface area contributed by atoms with E-state index in [4.69, 9.17) is 9.47 Å². The molecule has 2 aromatic carbocycles. The zero-order valence-electron chi connectivity index (χ0n) is 14.4. The van der Waals surface area contributed by atoms with E-state index < -0.39 is 27.8 Å². The first-order valence-corrected chi connectivity index (χ1v) is 9.06. The van der Waals surface area contributed by atoms with E-state index >= 15 is 0 Å². The molecule has 2 aromatic rings. The molecule has 0 aliphatic rings. The van der Waals surface area contributed by atoms with Crippen LogP contribution in [0.15, 0.2) is 47.4 Å². The topological polar surface area (TPSA) is 93.7 Å². The first-order valence-electron chi connectivity index (χ1n) is 7.57. The fraction of sp³-hybridized carbons (Fsp3) is 0.235. The molecule has 7 nitrogen and oxygen atoms in total. The van der Waals surface area contributed by atoms with E-state index in [1.54, 1.807) is 18.2 Å². The number of benzene rings is 2. The SMILES string of the molecule is COc1ccc(NC(=O)[C@H](C)NS(=O)(=O)c2ccc(F)cc2)c(OC)c1. The van der Waals surface area contributed by atoms with Gasteiger partial charge in [0.1, 0.15) is 17.3 Å². The molecule has 0 saturated carbocycles. The van der Waals surface area contributed by atoms with Crippen LogP contribution in [0.25, 0.3) is 0 Å². The highest BCUT2D eigenvalue weighted by Crippen LogP contribution is 2.29. The molecule has 1 atom stereocenters. The molecule has 0 spiro atoms. The van der Waals surface area contributed by atoms with Crippen molar-refractivity contribution in [3.05, 3.63) is 48.3 Å². The Kier molecular flexibility index (Phi) is 6.17. The van der Waals surface area contributed by atoms with Crippen molar-refractivity contribution in [2.24, 2.45) is 0 Å². The second-order valence-corrected chi connectivity index (χ2v) is 7.07. The van der Waals surface area contributed by atoms with Gasteiger partial charge in [-0.3, -0.25) is 4.79 Å². The normalized spacial score (nSPS) is 12.3. The van der Waals surface area contributed by atoms with Crippen molar-refractivity contribution in [2.75, 3.05) is 19.5 Å². The van der Waals surface area contributed by atoms with Gasteiger partial charge < -0.3 is 14.8 Å². The van der Waals surface area contributed by atoms with Crippen molar-refractivity contribution >= 4 is 21.6 Å². The average Bonchev–Trinajstić information content (AvgIpc) is 2.61. The van der Waals surface area contributed by atoms with Crippen LogP contribution in [0.3, 0.4) is 0 Å². The van der Waals surface area contributed by atoms with Gasteiger partial charge in [-0.25, -0.2) is 12.8 Å². The predicted octanol–water partition coefficient (Wildman–Crippen LogP) is 2.15. The average molecular weight is 382 g/mol. The van der Waals surface area contributed by atoms with Gasteiger partial charge in [0, 0.05) is 6.07 Å². The molecule has 2 N–H and O–H groups in total. The van der Waals surface area contributed by atoms with Crippen LogP contribution in [0.4, 0.5) is 10.1 Å². The minimum absolute atomic E-state index is 0.138. The van der Waals surface area contributed by atoms with Crippen molar-refractivity contribution in [1.29, 1.82) is 0 Å². The maximum atomic E-state index is 12.9. The summed E-state index contributed by atoms with van der Waals surface area (Å²) >= 11 is 0. The second-order valence-electron chi connectivity index (χ2n) is 5.35. The number of hydrogen-bond acceptors (Lipinski definition) is 5. The van der Waals surface area contributed by atoms with E-state index in [1.807, 2.05) is 0 Å². The summed E-state index contributed by atoms with van der Waals surface area (Å²) in [6, 6.07) is 8.02. The van der Waals surface area contributed by atoms with Crippen molar-refractivity contribution in [1.82, 2.24) is 4.72 Å². The molecule has 0 heterocycles. The van der Waals surface area contributed by atoms with Crippen molar-refractivity contribution in [2.45, 2.75) is 17.9 Å². The lowest BCUT2D eigenvalue weighted by atomic mass is 10.2.